The van der Waals surface area contributed by atoms with Crippen LogP contribution in [0.2, 0.25) is 0 Å². The third kappa shape index (κ3) is 3.58. The summed E-state index contributed by atoms with van der Waals surface area (Å²) in [4.78, 5) is 0.0112. The molecule has 5 heteroatoms. The van der Waals surface area contributed by atoms with Crippen molar-refractivity contribution in [3.8, 4) is 0 Å². The zero-order chi connectivity index (χ0) is 13.2. The molecule has 0 spiro atoms. The van der Waals surface area contributed by atoms with Crippen LogP contribution in [0.3, 0.4) is 0 Å². The van der Waals surface area contributed by atoms with Crippen LogP contribution in [-0.2, 0) is 16.3 Å². The highest BCUT2D eigenvalue weighted by Crippen LogP contribution is 2.28. The van der Waals surface area contributed by atoms with Crippen LogP contribution >= 0.6 is 31.9 Å². The fourth-order valence-corrected chi connectivity index (χ4v) is 6.46. The SMILES string of the molecule is O=S1(=O)CCCCC1C(Br)Cc1cccc(Br)c1. The van der Waals surface area contributed by atoms with E-state index < -0.39 is 9.84 Å². The fraction of sp³-hybridized carbons (Fsp3) is 0.538. The lowest BCUT2D eigenvalue weighted by Crippen LogP contribution is -2.36. The van der Waals surface area contributed by atoms with E-state index >= 15 is 0 Å². The Kier molecular flexibility index (Phi) is 4.89. The average molecular weight is 396 g/mol. The van der Waals surface area contributed by atoms with Crippen LogP contribution in [0.4, 0.5) is 0 Å². The largest absolute Gasteiger partial charge is 0.229 e. The lowest BCUT2D eigenvalue weighted by Gasteiger charge is -2.26. The molecular weight excluding hydrogens is 380 g/mol. The quantitative estimate of drug-likeness (QED) is 0.730. The van der Waals surface area contributed by atoms with Gasteiger partial charge in [0.05, 0.1) is 11.0 Å². The van der Waals surface area contributed by atoms with E-state index in [1.54, 1.807) is 0 Å². The van der Waals surface area contributed by atoms with Crippen molar-refractivity contribution < 1.29 is 8.42 Å². The molecule has 1 aromatic rings. The summed E-state index contributed by atoms with van der Waals surface area (Å²) >= 11 is 7.02. The zero-order valence-electron chi connectivity index (χ0n) is 9.98. The van der Waals surface area contributed by atoms with E-state index in [0.29, 0.717) is 5.75 Å². The number of halogens is 2. The van der Waals surface area contributed by atoms with Gasteiger partial charge in [-0.2, -0.15) is 0 Å². The molecule has 0 saturated carbocycles. The molecule has 0 aliphatic carbocycles. The maximum absolute atomic E-state index is 12.0. The summed E-state index contributed by atoms with van der Waals surface area (Å²) < 4.78 is 25.1. The zero-order valence-corrected chi connectivity index (χ0v) is 14.0. The minimum atomic E-state index is -2.91. The lowest BCUT2D eigenvalue weighted by molar-refractivity contribution is 0.533. The Hall–Kier alpha value is 0.130. The van der Waals surface area contributed by atoms with Crippen LogP contribution in [0.1, 0.15) is 24.8 Å². The van der Waals surface area contributed by atoms with E-state index in [1.165, 1.54) is 0 Å². The number of alkyl halides is 1. The monoisotopic (exact) mass is 394 g/mol. The van der Waals surface area contributed by atoms with E-state index in [-0.39, 0.29) is 10.1 Å². The van der Waals surface area contributed by atoms with Crippen molar-refractivity contribution in [3.05, 3.63) is 34.3 Å². The van der Waals surface area contributed by atoms with Crippen LogP contribution in [0.25, 0.3) is 0 Å². The minimum Gasteiger partial charge on any atom is -0.229 e. The predicted molar refractivity (Wildman–Crippen MR) is 82.0 cm³/mol. The predicted octanol–water partition coefficient (Wildman–Crippen LogP) is 3.72. The summed E-state index contributed by atoms with van der Waals surface area (Å²) in [7, 11) is -2.91. The Morgan fingerprint density at radius 1 is 1.33 bits per heavy atom. The van der Waals surface area contributed by atoms with Crippen molar-refractivity contribution in [1.29, 1.82) is 0 Å². The Balaban J connectivity index is 2.09. The summed E-state index contributed by atoms with van der Waals surface area (Å²) in [6.07, 6.45) is 3.37. The molecular formula is C13H16Br2O2S. The van der Waals surface area contributed by atoms with Gasteiger partial charge in [-0.1, -0.05) is 50.4 Å². The highest BCUT2D eigenvalue weighted by Gasteiger charge is 2.34. The van der Waals surface area contributed by atoms with Crippen molar-refractivity contribution in [3.63, 3.8) is 0 Å². The van der Waals surface area contributed by atoms with Gasteiger partial charge >= 0.3 is 0 Å². The van der Waals surface area contributed by atoms with E-state index in [2.05, 4.69) is 31.9 Å². The van der Waals surface area contributed by atoms with Crippen molar-refractivity contribution in [2.75, 3.05) is 5.75 Å². The summed E-state index contributed by atoms with van der Waals surface area (Å²) in [6.45, 7) is 0. The second kappa shape index (κ2) is 6.06. The van der Waals surface area contributed by atoms with Gasteiger partial charge in [0.25, 0.3) is 0 Å². The average Bonchev–Trinajstić information content (AvgIpc) is 2.28. The molecule has 0 amide bonds. The van der Waals surface area contributed by atoms with Gasteiger partial charge in [-0.15, -0.1) is 0 Å². The summed E-state index contributed by atoms with van der Waals surface area (Å²) in [5, 5.41) is -0.231. The van der Waals surface area contributed by atoms with Gasteiger partial charge in [-0.05, 0) is 37.0 Å². The molecule has 1 aromatic carbocycles. The number of sulfone groups is 1. The van der Waals surface area contributed by atoms with Gasteiger partial charge in [-0.3, -0.25) is 0 Å². The van der Waals surface area contributed by atoms with Crippen LogP contribution in [0.5, 0.6) is 0 Å². The number of benzene rings is 1. The highest BCUT2D eigenvalue weighted by molar-refractivity contribution is 9.10. The highest BCUT2D eigenvalue weighted by atomic mass is 79.9. The van der Waals surface area contributed by atoms with Gasteiger partial charge < -0.3 is 0 Å². The topological polar surface area (TPSA) is 34.1 Å². The molecule has 18 heavy (non-hydrogen) atoms. The first kappa shape index (κ1) is 14.5. The Bertz CT molecular complexity index is 513. The number of hydrogen-bond donors (Lipinski definition) is 0. The Morgan fingerprint density at radius 2 is 2.11 bits per heavy atom. The molecule has 1 fully saturated rings. The molecule has 1 aliphatic heterocycles. The number of hydrogen-bond acceptors (Lipinski definition) is 2. The molecule has 2 atom stereocenters. The van der Waals surface area contributed by atoms with Gasteiger partial charge in [0.2, 0.25) is 0 Å². The second-order valence-electron chi connectivity index (χ2n) is 4.75. The van der Waals surface area contributed by atoms with Crippen molar-refractivity contribution in [2.24, 2.45) is 0 Å². The first-order valence-corrected chi connectivity index (χ1v) is 9.51. The van der Waals surface area contributed by atoms with E-state index in [0.717, 1.165) is 35.7 Å². The van der Waals surface area contributed by atoms with E-state index in [9.17, 15) is 8.42 Å². The minimum absolute atomic E-state index is 0.0112. The Labute approximate surface area is 125 Å². The molecule has 100 valence electrons. The summed E-state index contributed by atoms with van der Waals surface area (Å²) in [5.74, 6) is 0.345. The Morgan fingerprint density at radius 3 is 2.78 bits per heavy atom. The maximum atomic E-state index is 12.0. The molecule has 2 rings (SSSR count). The van der Waals surface area contributed by atoms with Gasteiger partial charge in [0, 0.05) is 9.30 Å². The molecule has 0 aromatic heterocycles. The van der Waals surface area contributed by atoms with Crippen LogP contribution in [-0.4, -0.2) is 24.2 Å². The molecule has 1 aliphatic rings. The molecule has 1 saturated heterocycles. The third-order valence-electron chi connectivity index (χ3n) is 3.35. The molecule has 1 heterocycles. The normalized spacial score (nSPS) is 24.7. The second-order valence-corrected chi connectivity index (χ2v) is 9.18. The first-order chi connectivity index (χ1) is 8.49. The molecule has 0 N–H and O–H groups in total. The standard InChI is InChI=1S/C13H16Br2O2S/c14-11-5-3-4-10(8-11)9-12(15)13-6-1-2-7-18(13,16)17/h3-5,8,12-13H,1-2,6-7,9H2. The van der Waals surface area contributed by atoms with Crippen molar-refractivity contribution in [1.82, 2.24) is 0 Å². The van der Waals surface area contributed by atoms with E-state index in [1.807, 2.05) is 24.3 Å². The van der Waals surface area contributed by atoms with Crippen molar-refractivity contribution >= 4 is 41.7 Å². The maximum Gasteiger partial charge on any atom is 0.154 e. The summed E-state index contributed by atoms with van der Waals surface area (Å²) in [5.41, 5.74) is 1.16. The van der Waals surface area contributed by atoms with Crippen LogP contribution < -0.4 is 0 Å². The molecule has 2 unspecified atom stereocenters. The summed E-state index contributed by atoms with van der Waals surface area (Å²) in [6, 6.07) is 8.04. The molecule has 0 bridgehead atoms. The van der Waals surface area contributed by atoms with Gasteiger partial charge in [0.1, 0.15) is 0 Å². The van der Waals surface area contributed by atoms with Gasteiger partial charge in [0.15, 0.2) is 9.84 Å². The third-order valence-corrected chi connectivity index (χ3v) is 7.50. The van der Waals surface area contributed by atoms with Crippen LogP contribution in [0, 0.1) is 0 Å². The molecule has 2 nitrogen and oxygen atoms in total. The number of rotatable bonds is 3. The molecule has 0 radical (unpaired) electrons. The van der Waals surface area contributed by atoms with Crippen LogP contribution in [0.15, 0.2) is 28.7 Å². The first-order valence-electron chi connectivity index (χ1n) is 6.09. The fourth-order valence-electron chi connectivity index (χ4n) is 2.41. The van der Waals surface area contributed by atoms with Gasteiger partial charge in [-0.25, -0.2) is 8.42 Å². The lowest BCUT2D eigenvalue weighted by atomic mass is 10.0. The van der Waals surface area contributed by atoms with E-state index in [4.69, 9.17) is 0 Å². The smallest absolute Gasteiger partial charge is 0.154 e. The van der Waals surface area contributed by atoms with Crippen molar-refractivity contribution in [2.45, 2.75) is 35.8 Å².